The number of aromatic nitrogens is 2. The van der Waals surface area contributed by atoms with Gasteiger partial charge in [-0.15, -0.1) is 0 Å². The van der Waals surface area contributed by atoms with E-state index < -0.39 is 0 Å². The fraction of sp³-hybridized carbons (Fsp3) is 0.500. The zero-order valence-corrected chi connectivity index (χ0v) is 14.3. The first-order chi connectivity index (χ1) is 11.6. The molecule has 0 bridgehead atoms. The maximum atomic E-state index is 12.4. The molecule has 2 aromatic rings. The molecule has 4 rings (SSSR count). The lowest BCUT2D eigenvalue weighted by Gasteiger charge is -2.35. The Morgan fingerprint density at radius 1 is 1.33 bits per heavy atom. The summed E-state index contributed by atoms with van der Waals surface area (Å²) >= 11 is 0. The van der Waals surface area contributed by atoms with Crippen molar-refractivity contribution in [2.45, 2.75) is 63.5 Å². The fourth-order valence-corrected chi connectivity index (χ4v) is 4.40. The number of rotatable bonds is 4. The van der Waals surface area contributed by atoms with Gasteiger partial charge < -0.3 is 9.30 Å². The molecular weight excluding hydrogens is 300 g/mol. The minimum Gasteiger partial charge on any atom is -0.462 e. The SMILES string of the molecule is Cc1cccc2c1C(C)CC2CC(=O)OC1CC(n2ccnc2)C1. The van der Waals surface area contributed by atoms with Gasteiger partial charge in [0.2, 0.25) is 0 Å². The van der Waals surface area contributed by atoms with Gasteiger partial charge in [-0.3, -0.25) is 4.79 Å². The van der Waals surface area contributed by atoms with Gasteiger partial charge in [0.15, 0.2) is 0 Å². The molecule has 2 aliphatic carbocycles. The summed E-state index contributed by atoms with van der Waals surface area (Å²) in [4.78, 5) is 16.4. The first-order valence-corrected chi connectivity index (χ1v) is 8.88. The molecule has 0 spiro atoms. The van der Waals surface area contributed by atoms with Crippen LogP contribution in [0.1, 0.15) is 67.2 Å². The van der Waals surface area contributed by atoms with Crippen molar-refractivity contribution >= 4 is 5.97 Å². The maximum absolute atomic E-state index is 12.4. The molecule has 0 saturated heterocycles. The third-order valence-electron chi connectivity index (χ3n) is 5.66. The summed E-state index contributed by atoms with van der Waals surface area (Å²) in [5.41, 5.74) is 4.14. The van der Waals surface area contributed by atoms with E-state index in [0.29, 0.717) is 24.3 Å². The van der Waals surface area contributed by atoms with E-state index >= 15 is 0 Å². The lowest BCUT2D eigenvalue weighted by Crippen LogP contribution is -2.34. The van der Waals surface area contributed by atoms with Gasteiger partial charge in [-0.05, 0) is 41.9 Å². The highest BCUT2D eigenvalue weighted by Crippen LogP contribution is 2.45. The molecular formula is C20H24N2O2. The Labute approximate surface area is 142 Å². The Morgan fingerprint density at radius 2 is 2.17 bits per heavy atom. The van der Waals surface area contributed by atoms with Crippen LogP contribution in [-0.4, -0.2) is 21.6 Å². The number of benzene rings is 1. The third kappa shape index (κ3) is 2.74. The number of ether oxygens (including phenoxy) is 1. The van der Waals surface area contributed by atoms with Crippen molar-refractivity contribution in [3.05, 3.63) is 53.6 Å². The van der Waals surface area contributed by atoms with Crippen LogP contribution in [0.4, 0.5) is 0 Å². The Hall–Kier alpha value is -2.10. The molecule has 24 heavy (non-hydrogen) atoms. The van der Waals surface area contributed by atoms with Gasteiger partial charge in [0.1, 0.15) is 6.10 Å². The van der Waals surface area contributed by atoms with Crippen molar-refractivity contribution in [2.75, 3.05) is 0 Å². The van der Waals surface area contributed by atoms with E-state index in [1.165, 1.54) is 16.7 Å². The number of imidazole rings is 1. The quantitative estimate of drug-likeness (QED) is 0.795. The molecule has 0 radical (unpaired) electrons. The van der Waals surface area contributed by atoms with E-state index in [-0.39, 0.29) is 12.1 Å². The summed E-state index contributed by atoms with van der Waals surface area (Å²) in [5, 5.41) is 0. The highest BCUT2D eigenvalue weighted by atomic mass is 16.5. The predicted octanol–water partition coefficient (Wildman–Crippen LogP) is 4.12. The van der Waals surface area contributed by atoms with Crippen molar-refractivity contribution in [1.82, 2.24) is 9.55 Å². The summed E-state index contributed by atoms with van der Waals surface area (Å²) in [5.74, 6) is 0.802. The van der Waals surface area contributed by atoms with Crippen LogP contribution in [0.2, 0.25) is 0 Å². The average molecular weight is 324 g/mol. The van der Waals surface area contributed by atoms with Gasteiger partial charge in [0, 0.05) is 31.3 Å². The Balaban J connectivity index is 1.33. The van der Waals surface area contributed by atoms with E-state index in [1.807, 2.05) is 12.5 Å². The zero-order chi connectivity index (χ0) is 16.7. The summed E-state index contributed by atoms with van der Waals surface area (Å²) < 4.78 is 7.78. The Kier molecular flexibility index (Phi) is 3.91. The molecule has 4 nitrogen and oxygen atoms in total. The van der Waals surface area contributed by atoms with Crippen LogP contribution in [-0.2, 0) is 9.53 Å². The van der Waals surface area contributed by atoms with E-state index in [1.54, 1.807) is 6.20 Å². The second kappa shape index (κ2) is 6.08. The molecule has 2 aliphatic rings. The van der Waals surface area contributed by atoms with Crippen LogP contribution in [0.5, 0.6) is 0 Å². The summed E-state index contributed by atoms with van der Waals surface area (Å²) in [6.07, 6.45) is 9.03. The number of hydrogen-bond donors (Lipinski definition) is 0. The minimum atomic E-state index is -0.0457. The first-order valence-electron chi connectivity index (χ1n) is 8.88. The van der Waals surface area contributed by atoms with Crippen LogP contribution < -0.4 is 0 Å². The van der Waals surface area contributed by atoms with Crippen molar-refractivity contribution in [1.29, 1.82) is 0 Å². The summed E-state index contributed by atoms with van der Waals surface area (Å²) in [7, 11) is 0. The molecule has 0 amide bonds. The molecule has 126 valence electrons. The van der Waals surface area contributed by atoms with Gasteiger partial charge in [0.25, 0.3) is 0 Å². The van der Waals surface area contributed by atoms with Crippen molar-refractivity contribution in [3.8, 4) is 0 Å². The second-order valence-electron chi connectivity index (χ2n) is 7.36. The van der Waals surface area contributed by atoms with E-state index in [9.17, 15) is 4.79 Å². The van der Waals surface area contributed by atoms with Crippen LogP contribution in [0, 0.1) is 6.92 Å². The number of aryl methyl sites for hydroxylation is 1. The fourth-order valence-electron chi connectivity index (χ4n) is 4.40. The Morgan fingerprint density at radius 3 is 2.92 bits per heavy atom. The van der Waals surface area contributed by atoms with Crippen LogP contribution in [0.15, 0.2) is 36.9 Å². The van der Waals surface area contributed by atoms with Gasteiger partial charge in [-0.25, -0.2) is 4.98 Å². The van der Waals surface area contributed by atoms with Crippen LogP contribution in [0.25, 0.3) is 0 Å². The minimum absolute atomic E-state index is 0.0457. The number of hydrogen-bond acceptors (Lipinski definition) is 3. The van der Waals surface area contributed by atoms with Crippen LogP contribution in [0.3, 0.4) is 0 Å². The summed E-state index contributed by atoms with van der Waals surface area (Å²) in [6.45, 7) is 4.43. The summed E-state index contributed by atoms with van der Waals surface area (Å²) in [6, 6.07) is 6.88. The zero-order valence-electron chi connectivity index (χ0n) is 14.3. The van der Waals surface area contributed by atoms with Crippen molar-refractivity contribution < 1.29 is 9.53 Å². The van der Waals surface area contributed by atoms with Gasteiger partial charge in [0.05, 0.1) is 12.7 Å². The van der Waals surface area contributed by atoms with E-state index in [0.717, 1.165) is 19.3 Å². The third-order valence-corrected chi connectivity index (χ3v) is 5.66. The number of carbonyl (C=O) groups is 1. The molecule has 2 unspecified atom stereocenters. The smallest absolute Gasteiger partial charge is 0.306 e. The molecule has 2 atom stereocenters. The molecule has 1 fully saturated rings. The molecule has 4 heteroatoms. The molecule has 0 N–H and O–H groups in total. The standard InChI is InChI=1S/C20H24N2O2/c1-13-4-3-5-18-15(8-14(2)20(13)18)9-19(23)24-17-10-16(11-17)22-7-6-21-12-22/h3-7,12,14-17H,8-11H2,1-2H3. The largest absolute Gasteiger partial charge is 0.462 e. The average Bonchev–Trinajstić information content (AvgIpc) is 3.12. The van der Waals surface area contributed by atoms with E-state index in [2.05, 4.69) is 41.6 Å². The molecule has 1 heterocycles. The topological polar surface area (TPSA) is 44.1 Å². The normalized spacial score (nSPS) is 28.2. The van der Waals surface area contributed by atoms with Gasteiger partial charge >= 0.3 is 5.97 Å². The highest BCUT2D eigenvalue weighted by Gasteiger charge is 2.35. The first kappa shape index (κ1) is 15.4. The molecule has 1 saturated carbocycles. The molecule has 1 aromatic heterocycles. The predicted molar refractivity (Wildman–Crippen MR) is 91.9 cm³/mol. The molecule has 0 aliphatic heterocycles. The number of nitrogens with zero attached hydrogens (tertiary/aromatic N) is 2. The lowest BCUT2D eigenvalue weighted by molar-refractivity contribution is -0.155. The second-order valence-corrected chi connectivity index (χ2v) is 7.36. The van der Waals surface area contributed by atoms with Gasteiger partial charge in [-0.2, -0.15) is 0 Å². The maximum Gasteiger partial charge on any atom is 0.306 e. The lowest BCUT2D eigenvalue weighted by atomic mass is 9.89. The number of fused-ring (bicyclic) bond motifs is 1. The highest BCUT2D eigenvalue weighted by molar-refractivity contribution is 5.71. The van der Waals surface area contributed by atoms with Crippen LogP contribution >= 0.6 is 0 Å². The van der Waals surface area contributed by atoms with Crippen molar-refractivity contribution in [2.24, 2.45) is 0 Å². The van der Waals surface area contributed by atoms with Gasteiger partial charge in [-0.1, -0.05) is 25.1 Å². The number of esters is 1. The molecule has 1 aromatic carbocycles. The van der Waals surface area contributed by atoms with Crippen molar-refractivity contribution in [3.63, 3.8) is 0 Å². The Bertz CT molecular complexity index is 732. The van der Waals surface area contributed by atoms with E-state index in [4.69, 9.17) is 4.74 Å². The number of carbonyl (C=O) groups excluding carboxylic acids is 1. The monoisotopic (exact) mass is 324 g/mol.